The van der Waals surface area contributed by atoms with Crippen LogP contribution >= 0.6 is 0 Å². The molecule has 0 saturated heterocycles. The van der Waals surface area contributed by atoms with E-state index in [0.717, 1.165) is 25.3 Å². The molecule has 0 amide bonds. The Kier molecular flexibility index (Phi) is 6.54. The molecule has 0 bridgehead atoms. The summed E-state index contributed by atoms with van der Waals surface area (Å²) < 4.78 is 5.68. The Balaban J connectivity index is 2.34. The standard InChI is InChI=1S/C17H26N2O/c1-14(2)9-10-20-16-7-5-15(6-8-16)11-19-13-17(3,4)12-18/h5-8,14,19H,9-11,13H2,1-4H3. The van der Waals surface area contributed by atoms with Gasteiger partial charge in [0.2, 0.25) is 0 Å². The van der Waals surface area contributed by atoms with E-state index in [2.05, 4.69) is 37.4 Å². The zero-order valence-electron chi connectivity index (χ0n) is 13.1. The molecule has 1 aromatic rings. The van der Waals surface area contributed by atoms with E-state index < -0.39 is 0 Å². The third-order valence-electron chi connectivity index (χ3n) is 3.09. The van der Waals surface area contributed by atoms with Gasteiger partial charge in [-0.25, -0.2) is 0 Å². The summed E-state index contributed by atoms with van der Waals surface area (Å²) in [7, 11) is 0. The van der Waals surface area contributed by atoms with Crippen LogP contribution in [0.5, 0.6) is 5.75 Å². The summed E-state index contributed by atoms with van der Waals surface area (Å²) >= 11 is 0. The molecule has 0 aliphatic heterocycles. The van der Waals surface area contributed by atoms with Gasteiger partial charge >= 0.3 is 0 Å². The predicted octanol–water partition coefficient (Wildman–Crippen LogP) is 3.75. The minimum Gasteiger partial charge on any atom is -0.494 e. The largest absolute Gasteiger partial charge is 0.494 e. The Morgan fingerprint density at radius 2 is 1.90 bits per heavy atom. The first kappa shape index (κ1) is 16.5. The van der Waals surface area contributed by atoms with Crippen molar-refractivity contribution in [3.05, 3.63) is 29.8 Å². The molecular weight excluding hydrogens is 248 g/mol. The van der Waals surface area contributed by atoms with Gasteiger partial charge in [-0.1, -0.05) is 26.0 Å². The van der Waals surface area contributed by atoms with E-state index in [1.807, 2.05) is 26.0 Å². The molecule has 3 heteroatoms. The molecule has 0 atom stereocenters. The monoisotopic (exact) mass is 274 g/mol. The average molecular weight is 274 g/mol. The second-order valence-corrected chi connectivity index (χ2v) is 6.27. The minimum atomic E-state index is -0.320. The van der Waals surface area contributed by atoms with Crippen molar-refractivity contribution in [2.45, 2.75) is 40.7 Å². The fourth-order valence-corrected chi connectivity index (χ4v) is 1.67. The first-order chi connectivity index (χ1) is 9.43. The van der Waals surface area contributed by atoms with Gasteiger partial charge in [-0.15, -0.1) is 0 Å². The van der Waals surface area contributed by atoms with Gasteiger partial charge < -0.3 is 10.1 Å². The van der Waals surface area contributed by atoms with Crippen LogP contribution in [0.15, 0.2) is 24.3 Å². The SMILES string of the molecule is CC(C)CCOc1ccc(CNCC(C)(C)C#N)cc1. The molecule has 0 radical (unpaired) electrons. The summed E-state index contributed by atoms with van der Waals surface area (Å²) in [6.07, 6.45) is 1.08. The van der Waals surface area contributed by atoms with Crippen molar-refractivity contribution in [3.8, 4) is 11.8 Å². The van der Waals surface area contributed by atoms with Gasteiger partial charge in [-0.3, -0.25) is 0 Å². The fourth-order valence-electron chi connectivity index (χ4n) is 1.67. The lowest BCUT2D eigenvalue weighted by atomic mass is 9.96. The maximum atomic E-state index is 8.94. The van der Waals surface area contributed by atoms with E-state index in [1.165, 1.54) is 5.56 Å². The van der Waals surface area contributed by atoms with Crippen molar-refractivity contribution in [2.24, 2.45) is 11.3 Å². The van der Waals surface area contributed by atoms with E-state index in [1.54, 1.807) is 0 Å². The second-order valence-electron chi connectivity index (χ2n) is 6.27. The molecular formula is C17H26N2O. The van der Waals surface area contributed by atoms with Gasteiger partial charge in [0.25, 0.3) is 0 Å². The lowest BCUT2D eigenvalue weighted by molar-refractivity contribution is 0.289. The number of rotatable bonds is 8. The molecule has 110 valence electrons. The van der Waals surface area contributed by atoms with Crippen LogP contribution < -0.4 is 10.1 Å². The van der Waals surface area contributed by atoms with Crippen molar-refractivity contribution >= 4 is 0 Å². The van der Waals surface area contributed by atoms with E-state index in [0.29, 0.717) is 12.5 Å². The van der Waals surface area contributed by atoms with Gasteiger partial charge in [0.15, 0.2) is 0 Å². The Labute approximate surface area is 123 Å². The summed E-state index contributed by atoms with van der Waals surface area (Å²) in [5, 5.41) is 12.2. The van der Waals surface area contributed by atoms with Crippen molar-refractivity contribution in [1.29, 1.82) is 5.26 Å². The summed E-state index contributed by atoms with van der Waals surface area (Å²) in [5.74, 6) is 1.59. The lowest BCUT2D eigenvalue weighted by Crippen LogP contribution is -2.27. The fraction of sp³-hybridized carbons (Fsp3) is 0.588. The van der Waals surface area contributed by atoms with Gasteiger partial charge in [0.05, 0.1) is 18.1 Å². The number of benzene rings is 1. The van der Waals surface area contributed by atoms with Gasteiger partial charge in [0.1, 0.15) is 5.75 Å². The molecule has 1 aromatic carbocycles. The normalized spacial score (nSPS) is 11.4. The zero-order chi connectivity index (χ0) is 15.0. The zero-order valence-corrected chi connectivity index (χ0v) is 13.1. The van der Waals surface area contributed by atoms with Crippen LogP contribution in [-0.4, -0.2) is 13.2 Å². The maximum Gasteiger partial charge on any atom is 0.119 e. The van der Waals surface area contributed by atoms with Crippen molar-refractivity contribution < 1.29 is 4.74 Å². The average Bonchev–Trinajstić information content (AvgIpc) is 2.40. The van der Waals surface area contributed by atoms with Crippen LogP contribution in [0.1, 0.15) is 39.7 Å². The first-order valence-corrected chi connectivity index (χ1v) is 7.26. The Bertz CT molecular complexity index is 429. The van der Waals surface area contributed by atoms with Crippen LogP contribution in [-0.2, 0) is 6.54 Å². The van der Waals surface area contributed by atoms with E-state index in [4.69, 9.17) is 10.00 Å². The highest BCUT2D eigenvalue weighted by Gasteiger charge is 2.15. The number of nitrogens with zero attached hydrogens (tertiary/aromatic N) is 1. The van der Waals surface area contributed by atoms with E-state index in [9.17, 15) is 0 Å². The molecule has 0 saturated carbocycles. The number of hydrogen-bond donors (Lipinski definition) is 1. The molecule has 0 aliphatic carbocycles. The third-order valence-corrected chi connectivity index (χ3v) is 3.09. The van der Waals surface area contributed by atoms with Gasteiger partial charge in [-0.2, -0.15) is 5.26 Å². The third kappa shape index (κ3) is 6.58. The smallest absolute Gasteiger partial charge is 0.119 e. The Morgan fingerprint density at radius 1 is 1.25 bits per heavy atom. The van der Waals surface area contributed by atoms with Crippen LogP contribution in [0, 0.1) is 22.7 Å². The van der Waals surface area contributed by atoms with E-state index >= 15 is 0 Å². The number of hydrogen-bond acceptors (Lipinski definition) is 3. The highest BCUT2D eigenvalue weighted by molar-refractivity contribution is 5.27. The number of nitriles is 1. The maximum absolute atomic E-state index is 8.94. The second kappa shape index (κ2) is 7.91. The molecule has 1 N–H and O–H groups in total. The molecule has 1 rings (SSSR count). The molecule has 0 spiro atoms. The lowest BCUT2D eigenvalue weighted by Gasteiger charge is -2.16. The molecule has 20 heavy (non-hydrogen) atoms. The van der Waals surface area contributed by atoms with Gasteiger partial charge in [-0.05, 0) is 43.9 Å². The van der Waals surface area contributed by atoms with Crippen molar-refractivity contribution in [3.63, 3.8) is 0 Å². The summed E-state index contributed by atoms with van der Waals surface area (Å²) in [5.41, 5.74) is 0.884. The molecule has 0 heterocycles. The van der Waals surface area contributed by atoms with Crippen LogP contribution in [0.2, 0.25) is 0 Å². The van der Waals surface area contributed by atoms with Crippen molar-refractivity contribution in [2.75, 3.05) is 13.2 Å². The van der Waals surface area contributed by atoms with Crippen LogP contribution in [0.4, 0.5) is 0 Å². The molecule has 0 unspecified atom stereocenters. The molecule has 0 aromatic heterocycles. The predicted molar refractivity (Wildman–Crippen MR) is 82.5 cm³/mol. The minimum absolute atomic E-state index is 0.320. The summed E-state index contributed by atoms with van der Waals surface area (Å²) in [6, 6.07) is 10.4. The summed E-state index contributed by atoms with van der Waals surface area (Å²) in [6.45, 7) is 10.5. The topological polar surface area (TPSA) is 45.0 Å². The number of ether oxygens (including phenoxy) is 1. The Hall–Kier alpha value is -1.53. The quantitative estimate of drug-likeness (QED) is 0.785. The molecule has 0 fully saturated rings. The molecule has 3 nitrogen and oxygen atoms in total. The highest BCUT2D eigenvalue weighted by atomic mass is 16.5. The number of nitrogens with one attached hydrogen (secondary N) is 1. The van der Waals surface area contributed by atoms with Crippen LogP contribution in [0.3, 0.4) is 0 Å². The van der Waals surface area contributed by atoms with Gasteiger partial charge in [0, 0.05) is 13.1 Å². The summed E-state index contributed by atoms with van der Waals surface area (Å²) in [4.78, 5) is 0. The van der Waals surface area contributed by atoms with E-state index in [-0.39, 0.29) is 5.41 Å². The molecule has 0 aliphatic rings. The highest BCUT2D eigenvalue weighted by Crippen LogP contribution is 2.14. The van der Waals surface area contributed by atoms with Crippen molar-refractivity contribution in [1.82, 2.24) is 5.32 Å². The first-order valence-electron chi connectivity index (χ1n) is 7.26. The van der Waals surface area contributed by atoms with Crippen LogP contribution in [0.25, 0.3) is 0 Å². The Morgan fingerprint density at radius 3 is 2.45 bits per heavy atom.